The highest BCUT2D eigenvalue weighted by Gasteiger charge is 2.55. The summed E-state index contributed by atoms with van der Waals surface area (Å²) in [5, 5.41) is 10.2. The summed E-state index contributed by atoms with van der Waals surface area (Å²) in [6.07, 6.45) is 6.03. The lowest BCUT2D eigenvalue weighted by molar-refractivity contribution is -0.195. The Morgan fingerprint density at radius 2 is 1.83 bits per heavy atom. The maximum Gasteiger partial charge on any atom is 0.154 e. The summed E-state index contributed by atoms with van der Waals surface area (Å²) in [4.78, 5) is 0. The van der Waals surface area contributed by atoms with Gasteiger partial charge >= 0.3 is 0 Å². The molecule has 4 aliphatic rings. The SMILES string of the molecule is CCOC(C)OCC12CC3CC(C1)C(O)C(C3)C2. The van der Waals surface area contributed by atoms with Crippen molar-refractivity contribution < 1.29 is 14.6 Å². The minimum atomic E-state index is -0.0899. The number of hydrogen-bond donors (Lipinski definition) is 1. The van der Waals surface area contributed by atoms with Crippen LogP contribution >= 0.6 is 0 Å². The van der Waals surface area contributed by atoms with Crippen LogP contribution in [0.3, 0.4) is 0 Å². The molecule has 0 aliphatic heterocycles. The van der Waals surface area contributed by atoms with Gasteiger partial charge < -0.3 is 14.6 Å². The maximum absolute atomic E-state index is 10.2. The Labute approximate surface area is 110 Å². The molecule has 0 aromatic carbocycles. The van der Waals surface area contributed by atoms with Gasteiger partial charge in [0.15, 0.2) is 6.29 Å². The van der Waals surface area contributed by atoms with E-state index in [1.807, 2.05) is 13.8 Å². The van der Waals surface area contributed by atoms with Crippen molar-refractivity contribution in [2.75, 3.05) is 13.2 Å². The molecule has 0 aromatic heterocycles. The molecule has 3 unspecified atom stereocenters. The molecular weight excluding hydrogens is 228 g/mol. The van der Waals surface area contributed by atoms with E-state index in [2.05, 4.69) is 0 Å². The lowest BCUT2D eigenvalue weighted by Crippen LogP contribution is -2.55. The van der Waals surface area contributed by atoms with Crippen molar-refractivity contribution in [3.05, 3.63) is 0 Å². The zero-order valence-electron chi connectivity index (χ0n) is 11.6. The van der Waals surface area contributed by atoms with E-state index in [1.54, 1.807) is 0 Å². The highest BCUT2D eigenvalue weighted by Crippen LogP contribution is 2.60. The highest BCUT2D eigenvalue weighted by atomic mass is 16.7. The first kappa shape index (κ1) is 12.9. The van der Waals surface area contributed by atoms with E-state index in [0.717, 1.165) is 12.5 Å². The first-order valence-electron chi connectivity index (χ1n) is 7.53. The third kappa shape index (κ3) is 2.21. The Bertz CT molecular complexity index is 288. The van der Waals surface area contributed by atoms with Gasteiger partial charge in [-0.1, -0.05) is 0 Å². The van der Waals surface area contributed by atoms with Gasteiger partial charge in [0.05, 0.1) is 12.7 Å². The third-order valence-corrected chi connectivity index (χ3v) is 5.38. The Hall–Kier alpha value is -0.120. The van der Waals surface area contributed by atoms with E-state index in [0.29, 0.717) is 23.9 Å². The van der Waals surface area contributed by atoms with Crippen molar-refractivity contribution in [3.63, 3.8) is 0 Å². The topological polar surface area (TPSA) is 38.7 Å². The van der Waals surface area contributed by atoms with E-state index < -0.39 is 0 Å². The number of rotatable bonds is 5. The van der Waals surface area contributed by atoms with Gasteiger partial charge in [-0.25, -0.2) is 0 Å². The number of aliphatic hydroxyl groups is 1. The molecule has 4 fully saturated rings. The monoisotopic (exact) mass is 254 g/mol. The van der Waals surface area contributed by atoms with Crippen molar-refractivity contribution in [1.29, 1.82) is 0 Å². The van der Waals surface area contributed by atoms with Gasteiger partial charge in [0, 0.05) is 6.61 Å². The standard InChI is InChI=1S/C15H26O3/c1-3-17-10(2)18-9-15-6-11-4-12(7-15)14(16)13(5-11)8-15/h10-14,16H,3-9H2,1-2H3. The summed E-state index contributed by atoms with van der Waals surface area (Å²) in [5.74, 6) is 1.93. The van der Waals surface area contributed by atoms with Gasteiger partial charge in [0.2, 0.25) is 0 Å². The predicted molar refractivity (Wildman–Crippen MR) is 69.0 cm³/mol. The Morgan fingerprint density at radius 3 is 2.44 bits per heavy atom. The second kappa shape index (κ2) is 4.77. The van der Waals surface area contributed by atoms with Crippen LogP contribution < -0.4 is 0 Å². The van der Waals surface area contributed by atoms with E-state index in [9.17, 15) is 5.11 Å². The molecule has 104 valence electrons. The molecule has 0 aromatic rings. The summed E-state index contributed by atoms with van der Waals surface area (Å²) >= 11 is 0. The third-order valence-electron chi connectivity index (χ3n) is 5.38. The van der Waals surface area contributed by atoms with Gasteiger partial charge in [-0.3, -0.25) is 0 Å². The van der Waals surface area contributed by atoms with Crippen molar-refractivity contribution in [1.82, 2.24) is 0 Å². The molecule has 4 bridgehead atoms. The second-order valence-electron chi connectivity index (χ2n) is 6.79. The molecule has 3 nitrogen and oxygen atoms in total. The summed E-state index contributed by atoms with van der Waals surface area (Å²) in [6, 6.07) is 0. The van der Waals surface area contributed by atoms with Crippen LogP contribution in [-0.4, -0.2) is 30.7 Å². The molecule has 0 radical (unpaired) electrons. The van der Waals surface area contributed by atoms with Gasteiger partial charge in [0.25, 0.3) is 0 Å². The summed E-state index contributed by atoms with van der Waals surface area (Å²) in [6.45, 7) is 5.52. The normalized spacial score (nSPS) is 47.5. The maximum atomic E-state index is 10.2. The van der Waals surface area contributed by atoms with Crippen LogP contribution in [0, 0.1) is 23.2 Å². The molecule has 0 amide bonds. The summed E-state index contributed by atoms with van der Waals surface area (Å²) in [5.41, 5.74) is 0.348. The molecule has 0 spiro atoms. The highest BCUT2D eigenvalue weighted by molar-refractivity contribution is 5.05. The van der Waals surface area contributed by atoms with Crippen molar-refractivity contribution in [3.8, 4) is 0 Å². The van der Waals surface area contributed by atoms with Crippen LogP contribution in [0.25, 0.3) is 0 Å². The van der Waals surface area contributed by atoms with E-state index >= 15 is 0 Å². The number of ether oxygens (including phenoxy) is 2. The average molecular weight is 254 g/mol. The number of hydrogen-bond acceptors (Lipinski definition) is 3. The molecule has 4 rings (SSSR count). The molecule has 18 heavy (non-hydrogen) atoms. The average Bonchev–Trinajstić information content (AvgIpc) is 2.33. The molecule has 1 N–H and O–H groups in total. The van der Waals surface area contributed by atoms with E-state index in [4.69, 9.17) is 9.47 Å². The molecule has 4 saturated carbocycles. The van der Waals surface area contributed by atoms with Gasteiger partial charge in [-0.05, 0) is 69.1 Å². The fraction of sp³-hybridized carbons (Fsp3) is 1.00. The minimum absolute atomic E-state index is 0.0287. The summed E-state index contributed by atoms with van der Waals surface area (Å²) in [7, 11) is 0. The molecular formula is C15H26O3. The largest absolute Gasteiger partial charge is 0.393 e. The van der Waals surface area contributed by atoms with E-state index in [1.165, 1.54) is 32.1 Å². The molecule has 3 heteroatoms. The molecule has 4 aliphatic carbocycles. The van der Waals surface area contributed by atoms with Crippen LogP contribution in [-0.2, 0) is 9.47 Å². The fourth-order valence-electron chi connectivity index (χ4n) is 4.92. The lowest BCUT2D eigenvalue weighted by Gasteiger charge is -2.58. The fourth-order valence-corrected chi connectivity index (χ4v) is 4.92. The van der Waals surface area contributed by atoms with Crippen molar-refractivity contribution >= 4 is 0 Å². The summed E-state index contributed by atoms with van der Waals surface area (Å²) < 4.78 is 11.4. The zero-order chi connectivity index (χ0) is 12.8. The minimum Gasteiger partial charge on any atom is -0.393 e. The zero-order valence-corrected chi connectivity index (χ0v) is 11.6. The Kier molecular flexibility index (Phi) is 3.41. The van der Waals surface area contributed by atoms with Crippen molar-refractivity contribution in [2.24, 2.45) is 23.2 Å². The van der Waals surface area contributed by atoms with Crippen LogP contribution in [0.5, 0.6) is 0 Å². The van der Waals surface area contributed by atoms with Crippen LogP contribution in [0.15, 0.2) is 0 Å². The molecule has 0 heterocycles. The van der Waals surface area contributed by atoms with Crippen molar-refractivity contribution in [2.45, 2.75) is 58.3 Å². The number of aliphatic hydroxyl groups excluding tert-OH is 1. The van der Waals surface area contributed by atoms with Gasteiger partial charge in [0.1, 0.15) is 0 Å². The van der Waals surface area contributed by atoms with Crippen LogP contribution in [0.1, 0.15) is 46.0 Å². The second-order valence-corrected chi connectivity index (χ2v) is 6.79. The van der Waals surface area contributed by atoms with E-state index in [-0.39, 0.29) is 12.4 Å². The quantitative estimate of drug-likeness (QED) is 0.766. The first-order valence-corrected chi connectivity index (χ1v) is 7.53. The van der Waals surface area contributed by atoms with Gasteiger partial charge in [-0.15, -0.1) is 0 Å². The molecule has 3 atom stereocenters. The predicted octanol–water partition coefficient (Wildman–Crippen LogP) is 2.57. The Morgan fingerprint density at radius 1 is 1.17 bits per heavy atom. The lowest BCUT2D eigenvalue weighted by atomic mass is 9.49. The van der Waals surface area contributed by atoms with Gasteiger partial charge in [-0.2, -0.15) is 0 Å². The molecule has 0 saturated heterocycles. The first-order chi connectivity index (χ1) is 8.62. The Balaban J connectivity index is 1.62. The van der Waals surface area contributed by atoms with Crippen LogP contribution in [0.2, 0.25) is 0 Å². The van der Waals surface area contributed by atoms with Crippen LogP contribution in [0.4, 0.5) is 0 Å². The smallest absolute Gasteiger partial charge is 0.154 e.